The Labute approximate surface area is 113 Å². The molecule has 0 aliphatic heterocycles. The molecule has 0 saturated heterocycles. The molecule has 1 saturated carbocycles. The van der Waals surface area contributed by atoms with Gasteiger partial charge in [-0.15, -0.1) is 0 Å². The SMILES string of the molecule is CC(C)(O)[C@H]1C[C@H](NC(=O)OCc2ccccc2)C1. The number of ether oxygens (including phenoxy) is 1. The zero-order valence-corrected chi connectivity index (χ0v) is 11.4. The number of hydrogen-bond acceptors (Lipinski definition) is 3. The number of aliphatic hydroxyl groups is 1. The van der Waals surface area contributed by atoms with Gasteiger partial charge in [0.1, 0.15) is 6.61 Å². The second kappa shape index (κ2) is 5.61. The topological polar surface area (TPSA) is 58.6 Å². The third-order valence-electron chi connectivity index (χ3n) is 3.67. The van der Waals surface area contributed by atoms with E-state index in [9.17, 15) is 9.90 Å². The molecule has 104 valence electrons. The van der Waals surface area contributed by atoms with Crippen molar-refractivity contribution in [2.24, 2.45) is 5.92 Å². The predicted molar refractivity (Wildman–Crippen MR) is 72.6 cm³/mol. The van der Waals surface area contributed by atoms with Gasteiger partial charge in [0.15, 0.2) is 0 Å². The van der Waals surface area contributed by atoms with Crippen molar-refractivity contribution in [2.45, 2.75) is 44.9 Å². The molecule has 1 fully saturated rings. The normalized spacial score (nSPS) is 22.5. The van der Waals surface area contributed by atoms with E-state index in [-0.39, 0.29) is 24.7 Å². The molecule has 1 aromatic rings. The van der Waals surface area contributed by atoms with Gasteiger partial charge >= 0.3 is 6.09 Å². The van der Waals surface area contributed by atoms with Crippen LogP contribution < -0.4 is 5.32 Å². The average molecular weight is 263 g/mol. The number of carbonyl (C=O) groups excluding carboxylic acids is 1. The fourth-order valence-corrected chi connectivity index (χ4v) is 2.24. The molecule has 2 N–H and O–H groups in total. The number of carbonyl (C=O) groups is 1. The van der Waals surface area contributed by atoms with E-state index in [2.05, 4.69) is 5.32 Å². The van der Waals surface area contributed by atoms with Gasteiger partial charge in [0.25, 0.3) is 0 Å². The molecule has 4 heteroatoms. The molecule has 2 rings (SSSR count). The van der Waals surface area contributed by atoms with Gasteiger partial charge in [-0.2, -0.15) is 0 Å². The quantitative estimate of drug-likeness (QED) is 0.877. The fourth-order valence-electron chi connectivity index (χ4n) is 2.24. The largest absolute Gasteiger partial charge is 0.445 e. The van der Waals surface area contributed by atoms with Gasteiger partial charge in [-0.05, 0) is 38.2 Å². The van der Waals surface area contributed by atoms with E-state index in [1.165, 1.54) is 0 Å². The minimum absolute atomic E-state index is 0.125. The highest BCUT2D eigenvalue weighted by Gasteiger charge is 2.39. The molecular formula is C15H21NO3. The minimum Gasteiger partial charge on any atom is -0.445 e. The van der Waals surface area contributed by atoms with E-state index in [1.807, 2.05) is 44.2 Å². The maximum absolute atomic E-state index is 11.6. The molecule has 19 heavy (non-hydrogen) atoms. The predicted octanol–water partition coefficient (Wildman–Crippen LogP) is 2.46. The highest BCUT2D eigenvalue weighted by molar-refractivity contribution is 5.67. The molecule has 1 aliphatic rings. The first kappa shape index (κ1) is 13.9. The molecule has 0 heterocycles. The molecule has 0 unspecified atom stereocenters. The first-order valence-electron chi connectivity index (χ1n) is 6.65. The summed E-state index contributed by atoms with van der Waals surface area (Å²) in [5, 5.41) is 12.6. The Balaban J connectivity index is 1.67. The van der Waals surface area contributed by atoms with Crippen LogP contribution in [0, 0.1) is 5.92 Å². The summed E-state index contributed by atoms with van der Waals surface area (Å²) in [5.74, 6) is 0.256. The van der Waals surface area contributed by atoms with Gasteiger partial charge < -0.3 is 15.2 Å². The Bertz CT molecular complexity index is 419. The zero-order chi connectivity index (χ0) is 13.9. The van der Waals surface area contributed by atoms with E-state index in [4.69, 9.17) is 4.74 Å². The van der Waals surface area contributed by atoms with Gasteiger partial charge in [-0.3, -0.25) is 0 Å². The summed E-state index contributed by atoms with van der Waals surface area (Å²) in [4.78, 5) is 11.6. The van der Waals surface area contributed by atoms with Crippen LogP contribution >= 0.6 is 0 Å². The molecule has 1 amide bonds. The Hall–Kier alpha value is -1.55. The lowest BCUT2D eigenvalue weighted by Crippen LogP contribution is -2.51. The Kier molecular flexibility index (Phi) is 4.10. The Morgan fingerprint density at radius 2 is 2.00 bits per heavy atom. The summed E-state index contributed by atoms with van der Waals surface area (Å²) < 4.78 is 5.14. The van der Waals surface area contributed by atoms with Crippen LogP contribution in [0.15, 0.2) is 30.3 Å². The highest BCUT2D eigenvalue weighted by Crippen LogP contribution is 2.36. The van der Waals surface area contributed by atoms with Crippen molar-refractivity contribution in [3.63, 3.8) is 0 Å². The molecule has 1 aliphatic carbocycles. The second-order valence-corrected chi connectivity index (χ2v) is 5.72. The zero-order valence-electron chi connectivity index (χ0n) is 11.4. The summed E-state index contributed by atoms with van der Waals surface area (Å²) in [5.41, 5.74) is 0.312. The van der Waals surface area contributed by atoms with Crippen molar-refractivity contribution in [3.8, 4) is 0 Å². The standard InChI is InChI=1S/C15H21NO3/c1-15(2,18)12-8-13(9-12)16-14(17)19-10-11-6-4-3-5-7-11/h3-7,12-13,18H,8-10H2,1-2H3,(H,16,17)/t12-,13-. The van der Waals surface area contributed by atoms with Crippen LogP contribution in [-0.2, 0) is 11.3 Å². The highest BCUT2D eigenvalue weighted by atomic mass is 16.5. The van der Waals surface area contributed by atoms with Crippen LogP contribution in [0.25, 0.3) is 0 Å². The second-order valence-electron chi connectivity index (χ2n) is 5.72. The van der Waals surface area contributed by atoms with Crippen molar-refractivity contribution >= 4 is 6.09 Å². The number of nitrogens with one attached hydrogen (secondary N) is 1. The van der Waals surface area contributed by atoms with Gasteiger partial charge in [-0.1, -0.05) is 30.3 Å². The maximum Gasteiger partial charge on any atom is 0.407 e. The van der Waals surface area contributed by atoms with E-state index < -0.39 is 5.60 Å². The molecule has 0 bridgehead atoms. The third-order valence-corrected chi connectivity index (χ3v) is 3.67. The minimum atomic E-state index is -0.661. The summed E-state index contributed by atoms with van der Waals surface area (Å²) in [6.45, 7) is 3.90. The lowest BCUT2D eigenvalue weighted by Gasteiger charge is -2.42. The lowest BCUT2D eigenvalue weighted by molar-refractivity contribution is -0.0318. The number of amides is 1. The molecule has 1 aromatic carbocycles. The van der Waals surface area contributed by atoms with Crippen molar-refractivity contribution < 1.29 is 14.6 Å². The van der Waals surface area contributed by atoms with Crippen molar-refractivity contribution in [1.82, 2.24) is 5.32 Å². The average Bonchev–Trinajstić information content (AvgIpc) is 2.30. The number of alkyl carbamates (subject to hydrolysis) is 1. The van der Waals surface area contributed by atoms with Gasteiger partial charge in [0, 0.05) is 6.04 Å². The molecule has 0 aromatic heterocycles. The van der Waals surface area contributed by atoms with Crippen LogP contribution in [0.5, 0.6) is 0 Å². The van der Waals surface area contributed by atoms with E-state index in [0.717, 1.165) is 18.4 Å². The molecule has 4 nitrogen and oxygen atoms in total. The van der Waals surface area contributed by atoms with Crippen molar-refractivity contribution in [1.29, 1.82) is 0 Å². The summed E-state index contributed by atoms with van der Waals surface area (Å²) in [6.07, 6.45) is 1.23. The first-order valence-corrected chi connectivity index (χ1v) is 6.65. The first-order chi connectivity index (χ1) is 8.95. The van der Waals surface area contributed by atoms with Gasteiger partial charge in [0.05, 0.1) is 5.60 Å². The van der Waals surface area contributed by atoms with Gasteiger partial charge in [0.2, 0.25) is 0 Å². The maximum atomic E-state index is 11.6. The summed E-state index contributed by atoms with van der Waals surface area (Å²) in [6, 6.07) is 9.71. The molecule has 0 atom stereocenters. The number of benzene rings is 1. The summed E-state index contributed by atoms with van der Waals surface area (Å²) >= 11 is 0. The van der Waals surface area contributed by atoms with Gasteiger partial charge in [-0.25, -0.2) is 4.79 Å². The van der Waals surface area contributed by atoms with E-state index in [1.54, 1.807) is 0 Å². The molecular weight excluding hydrogens is 242 g/mol. The lowest BCUT2D eigenvalue weighted by atomic mass is 9.71. The number of hydrogen-bond donors (Lipinski definition) is 2. The van der Waals surface area contributed by atoms with Crippen LogP contribution in [0.3, 0.4) is 0 Å². The van der Waals surface area contributed by atoms with Crippen molar-refractivity contribution in [2.75, 3.05) is 0 Å². The monoisotopic (exact) mass is 263 g/mol. The van der Waals surface area contributed by atoms with Crippen LogP contribution in [0.1, 0.15) is 32.3 Å². The summed E-state index contributed by atoms with van der Waals surface area (Å²) in [7, 11) is 0. The fraction of sp³-hybridized carbons (Fsp3) is 0.533. The Morgan fingerprint density at radius 1 is 1.37 bits per heavy atom. The third kappa shape index (κ3) is 3.96. The van der Waals surface area contributed by atoms with Crippen LogP contribution in [-0.4, -0.2) is 22.8 Å². The van der Waals surface area contributed by atoms with E-state index in [0.29, 0.717) is 0 Å². The molecule has 0 radical (unpaired) electrons. The smallest absolute Gasteiger partial charge is 0.407 e. The number of rotatable bonds is 4. The molecule has 0 spiro atoms. The van der Waals surface area contributed by atoms with Crippen LogP contribution in [0.2, 0.25) is 0 Å². The van der Waals surface area contributed by atoms with Crippen LogP contribution in [0.4, 0.5) is 4.79 Å². The Morgan fingerprint density at radius 3 is 2.58 bits per heavy atom. The van der Waals surface area contributed by atoms with E-state index >= 15 is 0 Å². The van der Waals surface area contributed by atoms with Crippen molar-refractivity contribution in [3.05, 3.63) is 35.9 Å².